The minimum absolute atomic E-state index is 0.110. The quantitative estimate of drug-likeness (QED) is 0.604. The Bertz CT molecular complexity index is 883. The number of piperidine rings is 1. The monoisotopic (exact) mass is 421 g/mol. The first-order chi connectivity index (χ1) is 14.4. The Morgan fingerprint density at radius 1 is 0.933 bits per heavy atom. The largest absolute Gasteiger partial charge is 0.467 e. The summed E-state index contributed by atoms with van der Waals surface area (Å²) in [4.78, 5) is 0. The second kappa shape index (κ2) is 8.51. The van der Waals surface area contributed by atoms with Crippen LogP contribution in [-0.4, -0.2) is 31.2 Å². The molecule has 0 radical (unpaired) electrons. The summed E-state index contributed by atoms with van der Waals surface area (Å²) in [6.45, 7) is 7.45. The van der Waals surface area contributed by atoms with E-state index in [9.17, 15) is 5.21 Å². The summed E-state index contributed by atoms with van der Waals surface area (Å²) < 4.78 is 13.0. The van der Waals surface area contributed by atoms with Gasteiger partial charge in [0, 0.05) is 6.54 Å². The molecule has 1 aromatic heterocycles. The molecule has 5 heteroatoms. The van der Waals surface area contributed by atoms with Crippen molar-refractivity contribution in [1.29, 1.82) is 0 Å². The van der Waals surface area contributed by atoms with E-state index in [4.69, 9.17) is 8.84 Å². The molecule has 1 aliphatic rings. The van der Waals surface area contributed by atoms with E-state index in [1.807, 2.05) is 12.1 Å². The Morgan fingerprint density at radius 3 is 2.03 bits per heavy atom. The van der Waals surface area contributed by atoms with Gasteiger partial charge in [0.1, 0.15) is 11.8 Å². The SMILES string of the molecule is CC(C)(C)[Si](O[C@H]1CCCN(O)[C@@H]1c1ccco1)(c1ccccc1)c1ccccc1. The first-order valence-corrected chi connectivity index (χ1v) is 12.6. The van der Waals surface area contributed by atoms with Gasteiger partial charge in [0.15, 0.2) is 0 Å². The van der Waals surface area contributed by atoms with Crippen molar-refractivity contribution in [2.24, 2.45) is 0 Å². The number of nitrogens with zero attached hydrogens (tertiary/aromatic N) is 1. The lowest BCUT2D eigenvalue weighted by Crippen LogP contribution is -2.68. The molecule has 1 fully saturated rings. The van der Waals surface area contributed by atoms with Gasteiger partial charge in [0.25, 0.3) is 8.32 Å². The van der Waals surface area contributed by atoms with Crippen LogP contribution in [0.15, 0.2) is 83.5 Å². The number of rotatable bonds is 5. The molecular formula is C25H31NO3Si. The predicted octanol–water partition coefficient (Wildman–Crippen LogP) is 4.75. The molecule has 0 aliphatic carbocycles. The van der Waals surface area contributed by atoms with Gasteiger partial charge in [0.05, 0.1) is 12.4 Å². The Labute approximate surface area is 180 Å². The van der Waals surface area contributed by atoms with Gasteiger partial charge < -0.3 is 14.1 Å². The van der Waals surface area contributed by atoms with Crippen LogP contribution in [0.4, 0.5) is 0 Å². The molecule has 2 aromatic carbocycles. The maximum atomic E-state index is 10.8. The lowest BCUT2D eigenvalue weighted by molar-refractivity contribution is -0.178. The van der Waals surface area contributed by atoms with E-state index in [0.29, 0.717) is 6.54 Å². The van der Waals surface area contributed by atoms with Crippen LogP contribution in [0.1, 0.15) is 45.4 Å². The third-order valence-electron chi connectivity index (χ3n) is 6.13. The molecule has 1 N–H and O–H groups in total. The van der Waals surface area contributed by atoms with Crippen molar-refractivity contribution in [2.45, 2.75) is 50.8 Å². The normalized spacial score (nSPS) is 20.9. The van der Waals surface area contributed by atoms with E-state index < -0.39 is 8.32 Å². The molecule has 0 spiro atoms. The van der Waals surface area contributed by atoms with Crippen molar-refractivity contribution < 1.29 is 14.1 Å². The number of hydroxylamine groups is 2. The maximum Gasteiger partial charge on any atom is 0.261 e. The number of hydrogen-bond donors (Lipinski definition) is 1. The van der Waals surface area contributed by atoms with E-state index in [0.717, 1.165) is 18.6 Å². The van der Waals surface area contributed by atoms with Crippen LogP contribution in [0.3, 0.4) is 0 Å². The Hall–Kier alpha value is -2.18. The van der Waals surface area contributed by atoms with Gasteiger partial charge in [-0.3, -0.25) is 0 Å². The first kappa shape index (κ1) is 21.1. The molecule has 0 amide bonds. The Kier molecular flexibility index (Phi) is 5.98. The first-order valence-electron chi connectivity index (χ1n) is 10.7. The van der Waals surface area contributed by atoms with Crippen LogP contribution < -0.4 is 10.4 Å². The van der Waals surface area contributed by atoms with Gasteiger partial charge in [0.2, 0.25) is 0 Å². The van der Waals surface area contributed by atoms with Gasteiger partial charge >= 0.3 is 0 Å². The van der Waals surface area contributed by atoms with E-state index in [2.05, 4.69) is 81.4 Å². The zero-order valence-corrected chi connectivity index (χ0v) is 19.0. The summed E-state index contributed by atoms with van der Waals surface area (Å²) in [5, 5.41) is 14.5. The zero-order valence-electron chi connectivity index (χ0n) is 18.0. The van der Waals surface area contributed by atoms with Gasteiger partial charge in [-0.25, -0.2) is 0 Å². The minimum atomic E-state index is -2.70. The van der Waals surface area contributed by atoms with Crippen molar-refractivity contribution in [1.82, 2.24) is 5.06 Å². The van der Waals surface area contributed by atoms with E-state index in [1.54, 1.807) is 6.26 Å². The third-order valence-corrected chi connectivity index (χ3v) is 11.2. The lowest BCUT2D eigenvalue weighted by Gasteiger charge is -2.48. The Morgan fingerprint density at radius 2 is 1.53 bits per heavy atom. The van der Waals surface area contributed by atoms with Crippen molar-refractivity contribution >= 4 is 18.7 Å². The number of furan rings is 1. The van der Waals surface area contributed by atoms with Crippen molar-refractivity contribution in [3.8, 4) is 0 Å². The topological polar surface area (TPSA) is 45.8 Å². The molecule has 4 nitrogen and oxygen atoms in total. The highest BCUT2D eigenvalue weighted by atomic mass is 28.4. The van der Waals surface area contributed by atoms with E-state index in [-0.39, 0.29) is 17.2 Å². The van der Waals surface area contributed by atoms with Crippen molar-refractivity contribution in [3.05, 3.63) is 84.8 Å². The summed E-state index contributed by atoms with van der Waals surface area (Å²) in [6.07, 6.45) is 3.27. The Balaban J connectivity index is 1.86. The number of hydrogen-bond acceptors (Lipinski definition) is 4. The van der Waals surface area contributed by atoms with Crippen LogP contribution in [-0.2, 0) is 4.43 Å². The van der Waals surface area contributed by atoms with Crippen LogP contribution in [0, 0.1) is 0 Å². The van der Waals surface area contributed by atoms with Gasteiger partial charge in [-0.15, -0.1) is 0 Å². The average Bonchev–Trinajstić information content (AvgIpc) is 3.27. The average molecular weight is 422 g/mol. The van der Waals surface area contributed by atoms with Crippen LogP contribution in [0.5, 0.6) is 0 Å². The second-order valence-corrected chi connectivity index (χ2v) is 13.3. The molecule has 158 valence electrons. The molecule has 30 heavy (non-hydrogen) atoms. The standard InChI is InChI=1S/C25H31NO3Si/c1-25(2,3)30(20-12-6-4-7-13-20,21-14-8-5-9-15-21)29-23-16-10-18-26(27)24(23)22-17-11-19-28-22/h4-9,11-15,17,19,23-24,27H,10,16,18H2,1-3H3/t23-,24+/m0/s1. The molecule has 4 rings (SSSR count). The fourth-order valence-electron chi connectivity index (χ4n) is 4.77. The molecular weight excluding hydrogens is 390 g/mol. The molecule has 1 aliphatic heterocycles. The minimum Gasteiger partial charge on any atom is -0.467 e. The van der Waals surface area contributed by atoms with Crippen LogP contribution in [0.2, 0.25) is 5.04 Å². The second-order valence-electron chi connectivity index (χ2n) is 9.09. The summed E-state index contributed by atoms with van der Waals surface area (Å²) >= 11 is 0. The number of benzene rings is 2. The van der Waals surface area contributed by atoms with Crippen molar-refractivity contribution in [3.63, 3.8) is 0 Å². The molecule has 0 bridgehead atoms. The zero-order chi connectivity index (χ0) is 21.2. The van der Waals surface area contributed by atoms with Gasteiger partial charge in [-0.2, -0.15) is 5.06 Å². The van der Waals surface area contributed by atoms with Crippen molar-refractivity contribution in [2.75, 3.05) is 6.54 Å². The third kappa shape index (κ3) is 3.78. The summed E-state index contributed by atoms with van der Waals surface area (Å²) in [5.74, 6) is 0.750. The van der Waals surface area contributed by atoms with Gasteiger partial charge in [-0.1, -0.05) is 81.4 Å². The lowest BCUT2D eigenvalue weighted by atomic mass is 9.99. The highest BCUT2D eigenvalue weighted by Crippen LogP contribution is 2.41. The fraction of sp³-hybridized carbons (Fsp3) is 0.360. The predicted molar refractivity (Wildman–Crippen MR) is 122 cm³/mol. The summed E-state index contributed by atoms with van der Waals surface area (Å²) in [6, 6.07) is 24.8. The highest BCUT2D eigenvalue weighted by Gasteiger charge is 2.53. The fourth-order valence-corrected chi connectivity index (χ4v) is 9.49. The summed E-state index contributed by atoms with van der Waals surface area (Å²) in [5.41, 5.74) is 0. The smallest absolute Gasteiger partial charge is 0.261 e. The van der Waals surface area contributed by atoms with Crippen LogP contribution >= 0.6 is 0 Å². The molecule has 0 saturated carbocycles. The molecule has 2 heterocycles. The maximum absolute atomic E-state index is 10.8. The van der Waals surface area contributed by atoms with E-state index in [1.165, 1.54) is 15.4 Å². The molecule has 1 saturated heterocycles. The molecule has 0 unspecified atom stereocenters. The molecule has 2 atom stereocenters. The highest BCUT2D eigenvalue weighted by molar-refractivity contribution is 6.99. The molecule has 3 aromatic rings. The van der Waals surface area contributed by atoms with E-state index >= 15 is 0 Å². The summed E-state index contributed by atoms with van der Waals surface area (Å²) in [7, 11) is -2.70. The van der Waals surface area contributed by atoms with Crippen LogP contribution in [0.25, 0.3) is 0 Å². The van der Waals surface area contributed by atoms with Gasteiger partial charge in [-0.05, 0) is 40.4 Å².